The Balaban J connectivity index is 2.05. The lowest BCUT2D eigenvalue weighted by Crippen LogP contribution is -2.11. The summed E-state index contributed by atoms with van der Waals surface area (Å²) >= 11 is 0. The van der Waals surface area contributed by atoms with Crippen LogP contribution in [0.25, 0.3) is 5.52 Å². The van der Waals surface area contributed by atoms with E-state index in [0.717, 1.165) is 17.4 Å². The van der Waals surface area contributed by atoms with E-state index in [1.54, 1.807) is 29.8 Å². The van der Waals surface area contributed by atoms with Gasteiger partial charge in [0, 0.05) is 11.9 Å². The molecule has 3 aromatic rings. The third-order valence-electron chi connectivity index (χ3n) is 4.32. The van der Waals surface area contributed by atoms with Crippen molar-refractivity contribution in [2.24, 2.45) is 0 Å². The standard InChI is InChI=1S/C19H23N5O4S/c1-5-14-15(19(25)28-6-2)10-24-17(14)18(20-11-21-24)22-13-8-7-12(3)16(9-13)23-29(4,26)27/h7-11,23H,5-6H2,1-4H3,(H,20,21,22). The minimum atomic E-state index is -3.41. The van der Waals surface area contributed by atoms with Crippen LogP contribution in [0.1, 0.15) is 35.3 Å². The van der Waals surface area contributed by atoms with Crippen LogP contribution in [-0.4, -0.2) is 41.8 Å². The van der Waals surface area contributed by atoms with Gasteiger partial charge in [-0.3, -0.25) is 4.72 Å². The summed E-state index contributed by atoms with van der Waals surface area (Å²) in [5, 5.41) is 7.40. The summed E-state index contributed by atoms with van der Waals surface area (Å²) in [7, 11) is -3.41. The fraction of sp³-hybridized carbons (Fsp3) is 0.316. The smallest absolute Gasteiger partial charge is 0.340 e. The van der Waals surface area contributed by atoms with Crippen LogP contribution in [0.15, 0.2) is 30.7 Å². The molecule has 2 N–H and O–H groups in total. The van der Waals surface area contributed by atoms with Crippen LogP contribution < -0.4 is 10.0 Å². The molecule has 3 rings (SSSR count). The second-order valence-electron chi connectivity index (χ2n) is 6.53. The third kappa shape index (κ3) is 4.48. The number of sulfonamides is 1. The van der Waals surface area contributed by atoms with Gasteiger partial charge in [0.15, 0.2) is 5.82 Å². The Hall–Kier alpha value is -3.14. The van der Waals surface area contributed by atoms with Gasteiger partial charge in [-0.05, 0) is 43.5 Å². The van der Waals surface area contributed by atoms with Crippen LogP contribution in [0.2, 0.25) is 0 Å². The second kappa shape index (κ2) is 8.08. The first-order chi connectivity index (χ1) is 13.7. The first-order valence-electron chi connectivity index (χ1n) is 9.11. The van der Waals surface area contributed by atoms with Gasteiger partial charge >= 0.3 is 5.97 Å². The summed E-state index contributed by atoms with van der Waals surface area (Å²) < 4.78 is 32.4. The molecule has 0 amide bonds. The molecule has 0 bridgehead atoms. The molecule has 0 aliphatic rings. The van der Waals surface area contributed by atoms with Crippen molar-refractivity contribution in [2.45, 2.75) is 27.2 Å². The summed E-state index contributed by atoms with van der Waals surface area (Å²) in [4.78, 5) is 16.6. The average molecular weight is 417 g/mol. The van der Waals surface area contributed by atoms with Gasteiger partial charge < -0.3 is 10.1 Å². The van der Waals surface area contributed by atoms with Crippen LogP contribution in [-0.2, 0) is 21.2 Å². The lowest BCUT2D eigenvalue weighted by Gasteiger charge is -2.12. The van der Waals surface area contributed by atoms with E-state index in [-0.39, 0.29) is 6.61 Å². The van der Waals surface area contributed by atoms with Gasteiger partial charge in [-0.15, -0.1) is 0 Å². The number of carbonyl (C=O) groups is 1. The third-order valence-corrected chi connectivity index (χ3v) is 4.91. The highest BCUT2D eigenvalue weighted by molar-refractivity contribution is 7.92. The zero-order valence-electron chi connectivity index (χ0n) is 16.7. The Labute approximate surface area is 169 Å². The SMILES string of the molecule is CCOC(=O)c1cn2ncnc(Nc3ccc(C)c(NS(C)(=O)=O)c3)c2c1CC. The summed E-state index contributed by atoms with van der Waals surface area (Å²) in [6, 6.07) is 5.31. The maximum Gasteiger partial charge on any atom is 0.340 e. The highest BCUT2D eigenvalue weighted by Gasteiger charge is 2.20. The zero-order chi connectivity index (χ0) is 21.2. The molecule has 9 nitrogen and oxygen atoms in total. The predicted octanol–water partition coefficient (Wildman–Crippen LogP) is 2.89. The van der Waals surface area contributed by atoms with Crippen molar-refractivity contribution in [2.75, 3.05) is 22.9 Å². The molecule has 29 heavy (non-hydrogen) atoms. The highest BCUT2D eigenvalue weighted by atomic mass is 32.2. The number of anilines is 3. The van der Waals surface area contributed by atoms with Crippen molar-refractivity contribution in [3.63, 3.8) is 0 Å². The summed E-state index contributed by atoms with van der Waals surface area (Å²) in [5.41, 5.74) is 3.78. The number of carbonyl (C=O) groups excluding carboxylic acids is 1. The zero-order valence-corrected chi connectivity index (χ0v) is 17.5. The van der Waals surface area contributed by atoms with E-state index in [9.17, 15) is 13.2 Å². The Kier molecular flexibility index (Phi) is 5.73. The number of hydrogen-bond acceptors (Lipinski definition) is 7. The lowest BCUT2D eigenvalue weighted by molar-refractivity contribution is 0.0525. The molecule has 0 aliphatic carbocycles. The fourth-order valence-electron chi connectivity index (χ4n) is 3.05. The second-order valence-corrected chi connectivity index (χ2v) is 8.27. The molecule has 154 valence electrons. The first kappa shape index (κ1) is 20.6. The molecule has 10 heteroatoms. The Bertz CT molecular complexity index is 1170. The van der Waals surface area contributed by atoms with Gasteiger partial charge in [0.1, 0.15) is 11.8 Å². The molecule has 2 heterocycles. The highest BCUT2D eigenvalue weighted by Crippen LogP contribution is 2.29. The molecule has 2 aromatic heterocycles. The van der Waals surface area contributed by atoms with E-state index in [0.29, 0.717) is 34.7 Å². The van der Waals surface area contributed by atoms with Crippen LogP contribution >= 0.6 is 0 Å². The number of nitrogens with zero attached hydrogens (tertiary/aromatic N) is 3. The van der Waals surface area contributed by atoms with E-state index in [4.69, 9.17) is 4.74 Å². The van der Waals surface area contributed by atoms with Gasteiger partial charge in [0.25, 0.3) is 0 Å². The van der Waals surface area contributed by atoms with Crippen LogP contribution in [0.4, 0.5) is 17.2 Å². The topological polar surface area (TPSA) is 115 Å². The van der Waals surface area contributed by atoms with Crippen molar-refractivity contribution in [3.05, 3.63) is 47.4 Å². The number of fused-ring (bicyclic) bond motifs is 1. The van der Waals surface area contributed by atoms with Crippen molar-refractivity contribution in [1.29, 1.82) is 0 Å². The van der Waals surface area contributed by atoms with Crippen molar-refractivity contribution in [3.8, 4) is 0 Å². The minimum Gasteiger partial charge on any atom is -0.462 e. The molecular formula is C19H23N5O4S. The van der Waals surface area contributed by atoms with E-state index >= 15 is 0 Å². The molecule has 0 radical (unpaired) electrons. The summed E-state index contributed by atoms with van der Waals surface area (Å²) in [5.74, 6) is 0.0948. The van der Waals surface area contributed by atoms with Gasteiger partial charge in [-0.2, -0.15) is 5.10 Å². The molecule has 0 unspecified atom stereocenters. The summed E-state index contributed by atoms with van der Waals surface area (Å²) in [6.45, 7) is 5.79. The first-order valence-corrected chi connectivity index (χ1v) is 11.0. The molecule has 0 saturated carbocycles. The Morgan fingerprint density at radius 3 is 2.69 bits per heavy atom. The Morgan fingerprint density at radius 1 is 1.28 bits per heavy atom. The monoisotopic (exact) mass is 417 g/mol. The maximum absolute atomic E-state index is 12.3. The van der Waals surface area contributed by atoms with Crippen molar-refractivity contribution >= 4 is 38.7 Å². The van der Waals surface area contributed by atoms with E-state index < -0.39 is 16.0 Å². The molecule has 0 saturated heterocycles. The predicted molar refractivity (Wildman–Crippen MR) is 111 cm³/mol. The minimum absolute atomic E-state index is 0.282. The van der Waals surface area contributed by atoms with Gasteiger partial charge in [-0.25, -0.2) is 22.7 Å². The number of hydrogen-bond donors (Lipinski definition) is 2. The molecule has 0 aliphatic heterocycles. The molecule has 0 fully saturated rings. The summed E-state index contributed by atoms with van der Waals surface area (Å²) in [6.07, 6.45) is 4.70. The molecule has 0 spiro atoms. The lowest BCUT2D eigenvalue weighted by atomic mass is 10.1. The Morgan fingerprint density at radius 2 is 2.03 bits per heavy atom. The van der Waals surface area contributed by atoms with Gasteiger partial charge in [0.2, 0.25) is 10.0 Å². The van der Waals surface area contributed by atoms with Crippen LogP contribution in [0, 0.1) is 6.92 Å². The molecule has 1 aromatic carbocycles. The number of ether oxygens (including phenoxy) is 1. The van der Waals surface area contributed by atoms with Gasteiger partial charge in [0.05, 0.1) is 24.1 Å². The number of rotatable bonds is 7. The largest absolute Gasteiger partial charge is 0.462 e. The number of aromatic nitrogens is 3. The van der Waals surface area contributed by atoms with Crippen LogP contribution in [0.3, 0.4) is 0 Å². The maximum atomic E-state index is 12.3. The van der Waals surface area contributed by atoms with Crippen LogP contribution in [0.5, 0.6) is 0 Å². The van der Waals surface area contributed by atoms with Gasteiger partial charge in [-0.1, -0.05) is 13.0 Å². The van der Waals surface area contributed by atoms with Crippen molar-refractivity contribution < 1.29 is 17.9 Å². The number of benzene rings is 1. The average Bonchev–Trinajstić information content (AvgIpc) is 3.03. The van der Waals surface area contributed by atoms with E-state index in [1.807, 2.05) is 19.9 Å². The molecular weight excluding hydrogens is 394 g/mol. The quantitative estimate of drug-likeness (QED) is 0.568. The van der Waals surface area contributed by atoms with E-state index in [2.05, 4.69) is 20.1 Å². The normalized spacial score (nSPS) is 11.4. The number of nitrogens with one attached hydrogen (secondary N) is 2. The number of aryl methyl sites for hydroxylation is 2. The fourth-order valence-corrected chi connectivity index (χ4v) is 3.67. The molecule has 0 atom stereocenters. The number of esters is 1. The van der Waals surface area contributed by atoms with Crippen molar-refractivity contribution in [1.82, 2.24) is 14.6 Å². The van der Waals surface area contributed by atoms with E-state index in [1.165, 1.54) is 6.33 Å².